The van der Waals surface area contributed by atoms with E-state index >= 15 is 0 Å². The fourth-order valence-corrected chi connectivity index (χ4v) is 4.81. The summed E-state index contributed by atoms with van der Waals surface area (Å²) in [6.07, 6.45) is 4.16. The molecule has 35 heavy (non-hydrogen) atoms. The summed E-state index contributed by atoms with van der Waals surface area (Å²) in [6, 6.07) is 15.4. The van der Waals surface area contributed by atoms with E-state index in [0.29, 0.717) is 0 Å². The number of hydrogen-bond acceptors (Lipinski definition) is 2. The molecule has 2 aromatic carbocycles. The first kappa shape index (κ1) is 23.3. The van der Waals surface area contributed by atoms with Crippen LogP contribution in [0, 0.1) is 6.92 Å². The molecule has 0 atom stereocenters. The highest BCUT2D eigenvalue weighted by atomic mass is 16.3. The number of aromatic nitrogens is 3. The van der Waals surface area contributed by atoms with Gasteiger partial charge in [-0.3, -0.25) is 4.98 Å². The van der Waals surface area contributed by atoms with Gasteiger partial charge in [0.1, 0.15) is 23.5 Å². The van der Waals surface area contributed by atoms with Gasteiger partial charge in [0, 0.05) is 27.4 Å². The van der Waals surface area contributed by atoms with E-state index in [2.05, 4.69) is 127 Å². The van der Waals surface area contributed by atoms with Gasteiger partial charge in [-0.15, -0.1) is 0 Å². The topological polar surface area (TPSA) is 34.8 Å². The number of furan rings is 1. The van der Waals surface area contributed by atoms with Crippen LogP contribution in [0.2, 0.25) is 0 Å². The molecular weight excluding hydrogens is 430 g/mol. The third-order valence-corrected chi connectivity index (χ3v) is 7.01. The van der Waals surface area contributed by atoms with Crippen molar-refractivity contribution in [2.45, 2.75) is 59.3 Å². The van der Waals surface area contributed by atoms with E-state index in [1.165, 1.54) is 11.1 Å². The van der Waals surface area contributed by atoms with Crippen LogP contribution in [-0.2, 0) is 24.9 Å². The smallest absolute Gasteiger partial charge is 0.292 e. The molecule has 4 heteroatoms. The highest BCUT2D eigenvalue weighted by Gasteiger charge is 2.25. The minimum Gasteiger partial charge on any atom is -0.455 e. The third kappa shape index (κ3) is 3.95. The maximum Gasteiger partial charge on any atom is 0.292 e. The molecule has 0 saturated heterocycles. The summed E-state index contributed by atoms with van der Waals surface area (Å²) >= 11 is 0. The minimum atomic E-state index is -0.0313. The Bertz CT molecular complexity index is 1530. The number of hydrogen-bond donors (Lipinski definition) is 0. The molecule has 0 saturated carbocycles. The summed E-state index contributed by atoms with van der Waals surface area (Å²) < 4.78 is 10.9. The van der Waals surface area contributed by atoms with Crippen LogP contribution < -0.4 is 4.57 Å². The summed E-state index contributed by atoms with van der Waals surface area (Å²) in [6.45, 7) is 15.6. The SMILES string of the molecule is Cc1ccc2c(oc3cc(-c4cc(C(C)(C)C)cc(C(C)(C)C)n4)ccc32)c1-c1n(C)cc[n+]1C. The molecule has 0 unspecified atom stereocenters. The van der Waals surface area contributed by atoms with Crippen molar-refractivity contribution in [1.82, 2.24) is 9.55 Å². The molecule has 3 aromatic heterocycles. The van der Waals surface area contributed by atoms with Crippen LogP contribution in [0.3, 0.4) is 0 Å². The molecule has 3 heterocycles. The average molecular weight is 467 g/mol. The van der Waals surface area contributed by atoms with Gasteiger partial charge in [0.25, 0.3) is 5.82 Å². The normalized spacial score (nSPS) is 12.7. The first-order chi connectivity index (χ1) is 16.3. The number of rotatable bonds is 2. The number of benzene rings is 2. The Morgan fingerprint density at radius 1 is 0.886 bits per heavy atom. The standard InChI is InChI=1S/C31H36N3O/c1-19-10-12-23-22-13-11-20(24-17-21(30(2,3)4)18-26(32-24)31(5,6)7)16-25(22)35-28(23)27(19)29-33(8)14-15-34(29)9/h10-18H,1-9H3/q+1. The molecule has 0 aliphatic carbocycles. The van der Waals surface area contributed by atoms with Crippen molar-refractivity contribution in [2.75, 3.05) is 0 Å². The Balaban J connectivity index is 1.74. The Kier molecular flexibility index (Phi) is 5.21. The van der Waals surface area contributed by atoms with Gasteiger partial charge in [-0.2, -0.15) is 0 Å². The maximum atomic E-state index is 6.60. The monoisotopic (exact) mass is 466 g/mol. The van der Waals surface area contributed by atoms with Gasteiger partial charge in [-0.05, 0) is 47.7 Å². The molecule has 5 aromatic rings. The zero-order chi connectivity index (χ0) is 25.3. The van der Waals surface area contributed by atoms with Crippen LogP contribution in [0.25, 0.3) is 44.6 Å². The van der Waals surface area contributed by atoms with Gasteiger partial charge in [-0.1, -0.05) is 59.7 Å². The summed E-state index contributed by atoms with van der Waals surface area (Å²) in [5.74, 6) is 1.13. The van der Waals surface area contributed by atoms with Crippen molar-refractivity contribution >= 4 is 21.9 Å². The zero-order valence-electron chi connectivity index (χ0n) is 22.4. The highest BCUT2D eigenvalue weighted by molar-refractivity contribution is 6.10. The van der Waals surface area contributed by atoms with Gasteiger partial charge >= 0.3 is 0 Å². The lowest BCUT2D eigenvalue weighted by atomic mass is 9.82. The number of fused-ring (bicyclic) bond motifs is 3. The zero-order valence-corrected chi connectivity index (χ0v) is 22.4. The van der Waals surface area contributed by atoms with Crippen molar-refractivity contribution in [1.29, 1.82) is 0 Å². The minimum absolute atomic E-state index is 0.0313. The summed E-state index contributed by atoms with van der Waals surface area (Å²) in [5, 5.41) is 2.27. The molecule has 180 valence electrons. The van der Waals surface area contributed by atoms with Crippen LogP contribution >= 0.6 is 0 Å². The summed E-state index contributed by atoms with van der Waals surface area (Å²) in [4.78, 5) is 5.10. The Hall–Kier alpha value is -3.40. The molecule has 0 aliphatic rings. The van der Waals surface area contributed by atoms with Crippen molar-refractivity contribution < 1.29 is 8.98 Å². The van der Waals surface area contributed by atoms with Gasteiger partial charge in [0.15, 0.2) is 5.58 Å². The maximum absolute atomic E-state index is 6.60. The molecule has 5 rings (SSSR count). The number of nitrogens with zero attached hydrogens (tertiary/aromatic N) is 3. The van der Waals surface area contributed by atoms with E-state index in [0.717, 1.165) is 50.3 Å². The van der Waals surface area contributed by atoms with Crippen molar-refractivity contribution in [3.63, 3.8) is 0 Å². The molecule has 0 bridgehead atoms. The van der Waals surface area contributed by atoms with Crippen LogP contribution in [0.4, 0.5) is 0 Å². The lowest BCUT2D eigenvalue weighted by Gasteiger charge is -2.25. The van der Waals surface area contributed by atoms with Gasteiger partial charge in [-0.25, -0.2) is 9.13 Å². The van der Waals surface area contributed by atoms with E-state index in [4.69, 9.17) is 9.40 Å². The molecule has 0 amide bonds. The highest BCUT2D eigenvalue weighted by Crippen LogP contribution is 2.39. The number of aryl methyl sites for hydroxylation is 3. The molecule has 0 radical (unpaired) electrons. The van der Waals surface area contributed by atoms with E-state index in [9.17, 15) is 0 Å². The fourth-order valence-electron chi connectivity index (χ4n) is 4.81. The Labute approximate surface area is 208 Å². The van der Waals surface area contributed by atoms with E-state index in [1.807, 2.05) is 0 Å². The fraction of sp³-hybridized carbons (Fsp3) is 0.355. The Morgan fingerprint density at radius 2 is 1.60 bits per heavy atom. The molecule has 0 spiro atoms. The first-order valence-corrected chi connectivity index (χ1v) is 12.4. The molecule has 0 N–H and O–H groups in total. The second-order valence-corrected chi connectivity index (χ2v) is 11.9. The van der Waals surface area contributed by atoms with Crippen molar-refractivity contribution in [2.24, 2.45) is 14.1 Å². The largest absolute Gasteiger partial charge is 0.455 e. The Morgan fingerprint density at radius 3 is 2.23 bits per heavy atom. The molecule has 0 aliphatic heterocycles. The molecule has 0 fully saturated rings. The van der Waals surface area contributed by atoms with E-state index < -0.39 is 0 Å². The predicted octanol–water partition coefficient (Wildman–Crippen LogP) is 7.38. The van der Waals surface area contributed by atoms with Crippen LogP contribution in [0.15, 0.2) is 59.3 Å². The summed E-state index contributed by atoms with van der Waals surface area (Å²) in [7, 11) is 4.16. The molecular formula is C31H36N3O+. The van der Waals surface area contributed by atoms with E-state index in [1.54, 1.807) is 0 Å². The number of pyridine rings is 1. The average Bonchev–Trinajstić information content (AvgIpc) is 3.31. The third-order valence-electron chi connectivity index (χ3n) is 7.01. The van der Waals surface area contributed by atoms with Gasteiger partial charge in [0.05, 0.1) is 19.8 Å². The lowest BCUT2D eigenvalue weighted by Crippen LogP contribution is -2.29. The lowest BCUT2D eigenvalue weighted by molar-refractivity contribution is -0.659. The second-order valence-electron chi connectivity index (χ2n) is 11.9. The van der Waals surface area contributed by atoms with Crippen LogP contribution in [-0.4, -0.2) is 9.55 Å². The van der Waals surface area contributed by atoms with Gasteiger partial charge < -0.3 is 4.42 Å². The van der Waals surface area contributed by atoms with Crippen molar-refractivity contribution in [3.05, 3.63) is 71.7 Å². The number of imidazole rings is 1. The van der Waals surface area contributed by atoms with Crippen LogP contribution in [0.1, 0.15) is 58.4 Å². The predicted molar refractivity (Wildman–Crippen MR) is 145 cm³/mol. The van der Waals surface area contributed by atoms with Crippen LogP contribution in [0.5, 0.6) is 0 Å². The van der Waals surface area contributed by atoms with E-state index in [-0.39, 0.29) is 10.8 Å². The first-order valence-electron chi connectivity index (χ1n) is 12.4. The van der Waals surface area contributed by atoms with Gasteiger partial charge in [0.2, 0.25) is 0 Å². The second kappa shape index (κ2) is 7.81. The molecule has 4 nitrogen and oxygen atoms in total. The van der Waals surface area contributed by atoms with Crippen molar-refractivity contribution in [3.8, 4) is 22.6 Å². The summed E-state index contributed by atoms with van der Waals surface area (Å²) in [5.41, 5.74) is 8.65. The quantitative estimate of drug-likeness (QED) is 0.254.